The normalized spacial score (nSPS) is 9.18. The maximum atomic E-state index is 10.8. The third-order valence-corrected chi connectivity index (χ3v) is 1.30. The summed E-state index contributed by atoms with van der Waals surface area (Å²) >= 11 is 0. The molecule has 0 aromatic carbocycles. The van der Waals surface area contributed by atoms with Crippen molar-refractivity contribution in [2.24, 2.45) is 0 Å². The fourth-order valence-corrected chi connectivity index (χ4v) is 0.719. The van der Waals surface area contributed by atoms with Crippen molar-refractivity contribution < 1.29 is 4.79 Å². The van der Waals surface area contributed by atoms with Crippen LogP contribution in [0.3, 0.4) is 0 Å². The van der Waals surface area contributed by atoms with Gasteiger partial charge >= 0.3 is 0 Å². The summed E-state index contributed by atoms with van der Waals surface area (Å²) in [7, 11) is 1.61. The molecule has 0 atom stereocenters. The standard InChI is InChI=1S/C8H9N2O/c1-9-8(11)5-7-3-2-4-10-6-7/h2-4H,5H2,1H3,(H,9,11). The summed E-state index contributed by atoms with van der Waals surface area (Å²) in [5.41, 5.74) is 0.812. The molecular formula is C8H9N2O. The molecule has 1 N–H and O–H groups in total. The molecule has 1 aromatic heterocycles. The third kappa shape index (κ3) is 2.37. The van der Waals surface area contributed by atoms with E-state index in [-0.39, 0.29) is 5.91 Å². The molecule has 0 aliphatic heterocycles. The van der Waals surface area contributed by atoms with Gasteiger partial charge in [0.25, 0.3) is 0 Å². The lowest BCUT2D eigenvalue weighted by molar-refractivity contribution is -0.119. The van der Waals surface area contributed by atoms with Crippen LogP contribution in [0.2, 0.25) is 0 Å². The zero-order valence-corrected chi connectivity index (χ0v) is 6.29. The Morgan fingerprint density at radius 2 is 2.64 bits per heavy atom. The van der Waals surface area contributed by atoms with E-state index in [9.17, 15) is 4.79 Å². The van der Waals surface area contributed by atoms with Gasteiger partial charge in [0.15, 0.2) is 0 Å². The second kappa shape index (κ2) is 3.71. The van der Waals surface area contributed by atoms with Crippen molar-refractivity contribution in [1.29, 1.82) is 0 Å². The Morgan fingerprint density at radius 3 is 3.18 bits per heavy atom. The summed E-state index contributed by atoms with van der Waals surface area (Å²) in [6.45, 7) is 0. The molecule has 1 amide bonds. The molecule has 11 heavy (non-hydrogen) atoms. The first-order valence-electron chi connectivity index (χ1n) is 3.35. The predicted octanol–water partition coefficient (Wildman–Crippen LogP) is 0.170. The van der Waals surface area contributed by atoms with E-state index in [2.05, 4.69) is 16.5 Å². The van der Waals surface area contributed by atoms with Gasteiger partial charge in [0.1, 0.15) is 0 Å². The van der Waals surface area contributed by atoms with E-state index in [1.54, 1.807) is 19.3 Å². The molecule has 1 rings (SSSR count). The molecule has 3 nitrogen and oxygen atoms in total. The molecule has 3 heteroatoms. The molecule has 0 unspecified atom stereocenters. The van der Waals surface area contributed by atoms with Gasteiger partial charge < -0.3 is 5.32 Å². The first-order valence-corrected chi connectivity index (χ1v) is 3.35. The maximum Gasteiger partial charge on any atom is 0.224 e. The molecule has 1 aromatic rings. The Morgan fingerprint density at radius 1 is 1.82 bits per heavy atom. The van der Waals surface area contributed by atoms with Crippen LogP contribution in [0, 0.1) is 6.20 Å². The summed E-state index contributed by atoms with van der Waals surface area (Å²) in [4.78, 5) is 14.6. The van der Waals surface area contributed by atoms with Crippen LogP contribution in [0.4, 0.5) is 0 Å². The van der Waals surface area contributed by atoms with Gasteiger partial charge in [0, 0.05) is 13.2 Å². The summed E-state index contributed by atoms with van der Waals surface area (Å²) in [6.07, 6.45) is 4.71. The number of nitrogens with one attached hydrogen (secondary N) is 1. The van der Waals surface area contributed by atoms with Crippen LogP contribution in [0.5, 0.6) is 0 Å². The number of carbonyl (C=O) groups is 1. The summed E-state index contributed by atoms with van der Waals surface area (Å²) in [5.74, 6) is -0.0192. The second-order valence-electron chi connectivity index (χ2n) is 2.12. The smallest absolute Gasteiger partial charge is 0.224 e. The first kappa shape index (κ1) is 7.72. The van der Waals surface area contributed by atoms with E-state index in [1.807, 2.05) is 6.07 Å². The number of amides is 1. The zero-order chi connectivity index (χ0) is 8.10. The predicted molar refractivity (Wildman–Crippen MR) is 40.8 cm³/mol. The summed E-state index contributed by atoms with van der Waals surface area (Å²) in [6, 6.07) is 3.61. The highest BCUT2D eigenvalue weighted by Crippen LogP contribution is 1.94. The van der Waals surface area contributed by atoms with Gasteiger partial charge in [-0.15, -0.1) is 0 Å². The number of nitrogens with zero attached hydrogens (tertiary/aromatic N) is 1. The Labute approximate surface area is 65.5 Å². The molecular weight excluding hydrogens is 140 g/mol. The van der Waals surface area contributed by atoms with E-state index < -0.39 is 0 Å². The molecule has 0 bridgehead atoms. The number of rotatable bonds is 2. The van der Waals surface area contributed by atoms with Crippen molar-refractivity contribution in [3.63, 3.8) is 0 Å². The van der Waals surface area contributed by atoms with Crippen LogP contribution < -0.4 is 5.32 Å². The Bertz CT molecular complexity index is 233. The Hall–Kier alpha value is -1.38. The van der Waals surface area contributed by atoms with Crippen molar-refractivity contribution >= 4 is 5.91 Å². The Kier molecular flexibility index (Phi) is 2.60. The van der Waals surface area contributed by atoms with Gasteiger partial charge in [-0.05, 0) is 11.6 Å². The van der Waals surface area contributed by atoms with Crippen molar-refractivity contribution in [3.8, 4) is 0 Å². The average molecular weight is 149 g/mol. The molecule has 1 radical (unpaired) electrons. The van der Waals surface area contributed by atoms with Crippen LogP contribution in [0.25, 0.3) is 0 Å². The zero-order valence-electron chi connectivity index (χ0n) is 6.29. The van der Waals surface area contributed by atoms with Crippen LogP contribution in [0.1, 0.15) is 5.56 Å². The lowest BCUT2D eigenvalue weighted by atomic mass is 10.2. The molecule has 0 aliphatic carbocycles. The number of hydrogen-bond donors (Lipinski definition) is 1. The quantitative estimate of drug-likeness (QED) is 0.651. The van der Waals surface area contributed by atoms with E-state index in [4.69, 9.17) is 0 Å². The van der Waals surface area contributed by atoms with Crippen LogP contribution >= 0.6 is 0 Å². The van der Waals surface area contributed by atoms with Crippen molar-refractivity contribution in [3.05, 3.63) is 30.1 Å². The number of carbonyl (C=O) groups excluding carboxylic acids is 1. The summed E-state index contributed by atoms with van der Waals surface area (Å²) < 4.78 is 0. The van der Waals surface area contributed by atoms with Gasteiger partial charge in [-0.3, -0.25) is 9.78 Å². The third-order valence-electron chi connectivity index (χ3n) is 1.30. The fourth-order valence-electron chi connectivity index (χ4n) is 0.719. The molecule has 0 saturated carbocycles. The van der Waals surface area contributed by atoms with Crippen molar-refractivity contribution in [1.82, 2.24) is 10.3 Å². The second-order valence-corrected chi connectivity index (χ2v) is 2.12. The lowest BCUT2D eigenvalue weighted by Gasteiger charge is -1.96. The Balaban J connectivity index is 2.58. The monoisotopic (exact) mass is 149 g/mol. The largest absolute Gasteiger partial charge is 0.359 e. The maximum absolute atomic E-state index is 10.8. The van der Waals surface area contributed by atoms with Crippen LogP contribution in [-0.4, -0.2) is 17.9 Å². The van der Waals surface area contributed by atoms with E-state index in [0.717, 1.165) is 5.56 Å². The molecule has 0 fully saturated rings. The molecule has 0 spiro atoms. The van der Waals surface area contributed by atoms with E-state index in [0.29, 0.717) is 6.42 Å². The topological polar surface area (TPSA) is 42.0 Å². The van der Waals surface area contributed by atoms with Gasteiger partial charge in [-0.25, -0.2) is 0 Å². The fraction of sp³-hybridized carbons (Fsp3) is 0.250. The van der Waals surface area contributed by atoms with Gasteiger partial charge in [0.2, 0.25) is 5.91 Å². The first-order chi connectivity index (χ1) is 5.33. The minimum Gasteiger partial charge on any atom is -0.359 e. The van der Waals surface area contributed by atoms with Crippen molar-refractivity contribution in [2.75, 3.05) is 7.05 Å². The minimum atomic E-state index is -0.0192. The highest BCUT2D eigenvalue weighted by Gasteiger charge is 1.98. The molecule has 0 saturated heterocycles. The highest BCUT2D eigenvalue weighted by atomic mass is 16.1. The van der Waals surface area contributed by atoms with Crippen molar-refractivity contribution in [2.45, 2.75) is 6.42 Å². The molecule has 1 heterocycles. The van der Waals surface area contributed by atoms with Gasteiger partial charge in [-0.1, -0.05) is 6.07 Å². The SMILES string of the molecule is CNC(=O)Cc1[c]nccc1. The van der Waals surface area contributed by atoms with Crippen LogP contribution in [0.15, 0.2) is 18.3 Å². The number of pyridine rings is 1. The van der Waals surface area contributed by atoms with E-state index in [1.165, 1.54) is 0 Å². The minimum absolute atomic E-state index is 0.0192. The number of likely N-dealkylation sites (N-methyl/N-ethyl adjacent to an activating group) is 1. The van der Waals surface area contributed by atoms with Gasteiger partial charge in [-0.2, -0.15) is 0 Å². The number of aromatic nitrogens is 1. The van der Waals surface area contributed by atoms with Gasteiger partial charge in [0.05, 0.1) is 12.6 Å². The molecule has 0 aliphatic rings. The highest BCUT2D eigenvalue weighted by molar-refractivity contribution is 5.77. The molecule has 57 valence electrons. The summed E-state index contributed by atoms with van der Waals surface area (Å²) in [5, 5.41) is 2.53. The van der Waals surface area contributed by atoms with E-state index >= 15 is 0 Å². The van der Waals surface area contributed by atoms with Crippen LogP contribution in [-0.2, 0) is 11.2 Å². The lowest BCUT2D eigenvalue weighted by Crippen LogP contribution is -2.19. The number of hydrogen-bond acceptors (Lipinski definition) is 2. The average Bonchev–Trinajstić information content (AvgIpc) is 2.06.